The molecule has 0 aliphatic rings. The van der Waals surface area contributed by atoms with Crippen LogP contribution < -0.4 is 5.32 Å². The van der Waals surface area contributed by atoms with Crippen LogP contribution in [0.2, 0.25) is 0 Å². The predicted octanol–water partition coefficient (Wildman–Crippen LogP) is 3.12. The van der Waals surface area contributed by atoms with Gasteiger partial charge in [0.05, 0.1) is 4.47 Å². The minimum absolute atomic E-state index is 0.267. The van der Waals surface area contributed by atoms with Crippen LogP contribution in [0.3, 0.4) is 0 Å². The highest BCUT2D eigenvalue weighted by atomic mass is 79.9. The number of rotatable bonds is 5. The van der Waals surface area contributed by atoms with Gasteiger partial charge < -0.3 is 5.32 Å². The Labute approximate surface area is 109 Å². The lowest BCUT2D eigenvalue weighted by Crippen LogP contribution is -2.24. The molecule has 0 fully saturated rings. The second-order valence-electron chi connectivity index (χ2n) is 3.55. The van der Waals surface area contributed by atoms with Crippen LogP contribution in [-0.2, 0) is 0 Å². The molecule has 0 aromatic heterocycles. The van der Waals surface area contributed by atoms with Gasteiger partial charge in [-0.15, -0.1) is 12.3 Å². The Morgan fingerprint density at radius 1 is 1.47 bits per heavy atom. The van der Waals surface area contributed by atoms with Gasteiger partial charge in [0.1, 0.15) is 5.82 Å². The molecule has 0 unspecified atom stereocenters. The lowest BCUT2D eigenvalue weighted by Gasteiger charge is -2.05. The fourth-order valence-electron chi connectivity index (χ4n) is 1.29. The van der Waals surface area contributed by atoms with E-state index in [0.717, 1.165) is 12.8 Å². The fourth-order valence-corrected chi connectivity index (χ4v) is 1.54. The number of carbonyl (C=O) groups excluding carboxylic acids is 1. The second kappa shape index (κ2) is 7.08. The van der Waals surface area contributed by atoms with E-state index in [9.17, 15) is 9.18 Å². The van der Waals surface area contributed by atoms with Crippen LogP contribution in [0.4, 0.5) is 4.39 Å². The molecule has 4 heteroatoms. The van der Waals surface area contributed by atoms with Crippen LogP contribution in [0.25, 0.3) is 0 Å². The molecule has 0 aliphatic carbocycles. The van der Waals surface area contributed by atoms with Gasteiger partial charge in [-0.1, -0.05) is 0 Å². The maximum Gasteiger partial charge on any atom is 0.251 e. The number of unbranched alkanes of at least 4 members (excludes halogenated alkanes) is 2. The van der Waals surface area contributed by atoms with Gasteiger partial charge in [-0.25, -0.2) is 4.39 Å². The summed E-state index contributed by atoms with van der Waals surface area (Å²) < 4.78 is 13.5. The van der Waals surface area contributed by atoms with Crippen molar-refractivity contribution in [3.8, 4) is 12.3 Å². The number of terminal acetylenes is 1. The molecule has 0 atom stereocenters. The number of halogens is 2. The van der Waals surface area contributed by atoms with Crippen molar-refractivity contribution < 1.29 is 9.18 Å². The SMILES string of the molecule is C#CCCCCNC(=O)c1ccc(Br)c(F)c1. The summed E-state index contributed by atoms with van der Waals surface area (Å²) in [4.78, 5) is 11.6. The van der Waals surface area contributed by atoms with Gasteiger partial charge in [0.2, 0.25) is 0 Å². The Kier molecular flexibility index (Phi) is 5.71. The zero-order chi connectivity index (χ0) is 12.7. The minimum Gasteiger partial charge on any atom is -0.352 e. The smallest absolute Gasteiger partial charge is 0.251 e. The van der Waals surface area contributed by atoms with Crippen molar-refractivity contribution in [1.29, 1.82) is 0 Å². The number of amides is 1. The van der Waals surface area contributed by atoms with Crippen LogP contribution in [0.1, 0.15) is 29.6 Å². The third kappa shape index (κ3) is 4.58. The maximum atomic E-state index is 13.2. The standard InChI is InChI=1S/C13H13BrFNO/c1-2-3-4-5-8-16-13(17)10-6-7-11(14)12(15)9-10/h1,6-7,9H,3-5,8H2,(H,16,17). The zero-order valence-corrected chi connectivity index (χ0v) is 10.9. The Morgan fingerprint density at radius 2 is 2.24 bits per heavy atom. The topological polar surface area (TPSA) is 29.1 Å². The molecule has 1 amide bonds. The Morgan fingerprint density at radius 3 is 2.88 bits per heavy atom. The molecule has 0 heterocycles. The minimum atomic E-state index is -0.440. The third-order valence-corrected chi connectivity index (χ3v) is 2.86. The summed E-state index contributed by atoms with van der Waals surface area (Å²) >= 11 is 3.03. The number of carbonyl (C=O) groups is 1. The zero-order valence-electron chi connectivity index (χ0n) is 9.30. The molecule has 1 aromatic carbocycles. The first-order valence-electron chi connectivity index (χ1n) is 5.32. The maximum absolute atomic E-state index is 13.2. The van der Waals surface area contributed by atoms with E-state index >= 15 is 0 Å². The van der Waals surface area contributed by atoms with Gasteiger partial charge >= 0.3 is 0 Å². The summed E-state index contributed by atoms with van der Waals surface area (Å²) in [6.45, 7) is 0.554. The van der Waals surface area contributed by atoms with Crippen molar-refractivity contribution in [3.63, 3.8) is 0 Å². The van der Waals surface area contributed by atoms with E-state index in [0.29, 0.717) is 23.0 Å². The van der Waals surface area contributed by atoms with E-state index in [1.165, 1.54) is 12.1 Å². The van der Waals surface area contributed by atoms with Gasteiger partial charge in [-0.2, -0.15) is 0 Å². The molecule has 0 saturated carbocycles. The molecule has 1 aromatic rings. The highest BCUT2D eigenvalue weighted by Crippen LogP contribution is 2.16. The van der Waals surface area contributed by atoms with Crippen LogP contribution in [0, 0.1) is 18.2 Å². The summed E-state index contributed by atoms with van der Waals surface area (Å²) in [5, 5.41) is 2.72. The van der Waals surface area contributed by atoms with Gasteiger partial charge in [-0.05, 0) is 47.0 Å². The van der Waals surface area contributed by atoms with E-state index in [1.807, 2.05) is 0 Å². The highest BCUT2D eigenvalue weighted by molar-refractivity contribution is 9.10. The molecule has 90 valence electrons. The Balaban J connectivity index is 2.42. The van der Waals surface area contributed by atoms with Crippen LogP contribution >= 0.6 is 15.9 Å². The van der Waals surface area contributed by atoms with Gasteiger partial charge in [-0.3, -0.25) is 4.79 Å². The van der Waals surface area contributed by atoms with E-state index < -0.39 is 5.82 Å². The first kappa shape index (κ1) is 13.7. The summed E-state index contributed by atoms with van der Waals surface area (Å²) in [5.41, 5.74) is 0.322. The quantitative estimate of drug-likeness (QED) is 0.657. The molecular weight excluding hydrogens is 285 g/mol. The number of hydrogen-bond acceptors (Lipinski definition) is 1. The van der Waals surface area contributed by atoms with E-state index in [1.54, 1.807) is 6.07 Å². The van der Waals surface area contributed by atoms with E-state index in [-0.39, 0.29) is 5.91 Å². The molecule has 0 aliphatic heterocycles. The molecule has 1 rings (SSSR count). The van der Waals surface area contributed by atoms with Gasteiger partial charge in [0.15, 0.2) is 0 Å². The molecule has 17 heavy (non-hydrogen) atoms. The summed E-state index contributed by atoms with van der Waals surface area (Å²) in [6, 6.07) is 4.30. The van der Waals surface area contributed by atoms with Gasteiger partial charge in [0.25, 0.3) is 5.91 Å². The van der Waals surface area contributed by atoms with E-state index in [2.05, 4.69) is 27.2 Å². The van der Waals surface area contributed by atoms with Crippen molar-refractivity contribution in [2.45, 2.75) is 19.3 Å². The average molecular weight is 298 g/mol. The van der Waals surface area contributed by atoms with Gasteiger partial charge in [0, 0.05) is 18.5 Å². The lowest BCUT2D eigenvalue weighted by atomic mass is 10.2. The first-order valence-corrected chi connectivity index (χ1v) is 6.11. The molecule has 1 N–H and O–H groups in total. The average Bonchev–Trinajstić information content (AvgIpc) is 2.32. The second-order valence-corrected chi connectivity index (χ2v) is 4.40. The van der Waals surface area contributed by atoms with Crippen molar-refractivity contribution in [2.24, 2.45) is 0 Å². The molecule has 0 radical (unpaired) electrons. The summed E-state index contributed by atoms with van der Waals surface area (Å²) in [6.07, 6.45) is 7.53. The lowest BCUT2D eigenvalue weighted by molar-refractivity contribution is 0.0952. The Bertz CT molecular complexity index is 440. The number of nitrogens with one attached hydrogen (secondary N) is 1. The largest absolute Gasteiger partial charge is 0.352 e. The molecule has 0 spiro atoms. The van der Waals surface area contributed by atoms with Crippen LogP contribution in [0.5, 0.6) is 0 Å². The Hall–Kier alpha value is -1.34. The van der Waals surface area contributed by atoms with Crippen molar-refractivity contribution in [3.05, 3.63) is 34.1 Å². The molecule has 0 bridgehead atoms. The third-order valence-electron chi connectivity index (χ3n) is 2.22. The molecule has 0 saturated heterocycles. The van der Waals surface area contributed by atoms with Crippen LogP contribution in [0.15, 0.2) is 22.7 Å². The van der Waals surface area contributed by atoms with E-state index in [4.69, 9.17) is 6.42 Å². The molecular formula is C13H13BrFNO. The first-order chi connectivity index (χ1) is 8.15. The number of benzene rings is 1. The predicted molar refractivity (Wildman–Crippen MR) is 69.1 cm³/mol. The normalized spacial score (nSPS) is 9.71. The van der Waals surface area contributed by atoms with Crippen molar-refractivity contribution >= 4 is 21.8 Å². The summed E-state index contributed by atoms with van der Waals surface area (Å²) in [5.74, 6) is 1.83. The van der Waals surface area contributed by atoms with Crippen molar-refractivity contribution in [2.75, 3.05) is 6.54 Å². The summed E-state index contributed by atoms with van der Waals surface area (Å²) in [7, 11) is 0. The number of hydrogen-bond donors (Lipinski definition) is 1. The molecule has 2 nitrogen and oxygen atoms in total. The highest BCUT2D eigenvalue weighted by Gasteiger charge is 2.07. The van der Waals surface area contributed by atoms with Crippen molar-refractivity contribution in [1.82, 2.24) is 5.32 Å². The van der Waals surface area contributed by atoms with Crippen LogP contribution in [-0.4, -0.2) is 12.5 Å². The monoisotopic (exact) mass is 297 g/mol. The fraction of sp³-hybridized carbons (Fsp3) is 0.308.